The van der Waals surface area contributed by atoms with Crippen LogP contribution >= 0.6 is 23.4 Å². The van der Waals surface area contributed by atoms with Crippen molar-refractivity contribution in [1.82, 2.24) is 5.32 Å². The van der Waals surface area contributed by atoms with E-state index in [-0.39, 0.29) is 18.2 Å². The highest BCUT2D eigenvalue weighted by atomic mass is 35.5. The highest BCUT2D eigenvalue weighted by Gasteiger charge is 2.29. The predicted octanol–water partition coefficient (Wildman–Crippen LogP) is 4.28. The topological polar surface area (TPSA) is 88.4 Å². The molecule has 1 heterocycles. The molecule has 0 bridgehead atoms. The Bertz CT molecular complexity index is 1010. The highest BCUT2D eigenvalue weighted by molar-refractivity contribution is 8.03. The number of ether oxygens (including phenoxy) is 2. The number of halogens is 1. The molecule has 0 unspecified atom stereocenters. The lowest BCUT2D eigenvalue weighted by atomic mass is 9.87. The van der Waals surface area contributed by atoms with Crippen molar-refractivity contribution >= 4 is 35.2 Å². The molecule has 0 saturated carbocycles. The lowest BCUT2D eigenvalue weighted by Crippen LogP contribution is -2.31. The number of allylic oxidation sites excluding steroid dienone is 1. The Morgan fingerprint density at radius 1 is 1.27 bits per heavy atom. The van der Waals surface area contributed by atoms with E-state index in [9.17, 15) is 14.9 Å². The molecule has 0 aliphatic carbocycles. The standard InChI is InChI=1S/C22H19ClN2O4S/c1-28-22(27)15-8-6-14(7-9-15)16-12-20(26)25-21(17(16)13-24)30-11-10-29-19-5-3-2-4-18(19)23/h2-9,16H,10-12H2,1H3,(H,25,26)/t16-/m1/s1. The molecule has 1 aliphatic heterocycles. The molecule has 0 saturated heterocycles. The van der Waals surface area contributed by atoms with E-state index in [1.165, 1.54) is 18.9 Å². The quantitative estimate of drug-likeness (QED) is 0.508. The van der Waals surface area contributed by atoms with E-state index in [0.29, 0.717) is 39.3 Å². The molecule has 0 fully saturated rings. The minimum absolute atomic E-state index is 0.162. The number of carbonyl (C=O) groups is 2. The van der Waals surface area contributed by atoms with Crippen LogP contribution in [-0.2, 0) is 9.53 Å². The van der Waals surface area contributed by atoms with Gasteiger partial charge < -0.3 is 14.8 Å². The van der Waals surface area contributed by atoms with Crippen molar-refractivity contribution in [2.45, 2.75) is 12.3 Å². The molecular formula is C22H19ClN2O4S. The third-order valence-electron chi connectivity index (χ3n) is 4.51. The maximum Gasteiger partial charge on any atom is 0.337 e. The molecule has 1 amide bonds. The Kier molecular flexibility index (Phi) is 7.39. The third-order valence-corrected chi connectivity index (χ3v) is 5.81. The summed E-state index contributed by atoms with van der Waals surface area (Å²) in [6.07, 6.45) is 0.167. The van der Waals surface area contributed by atoms with E-state index in [4.69, 9.17) is 21.1 Å². The number of thioether (sulfide) groups is 1. The summed E-state index contributed by atoms with van der Waals surface area (Å²) in [5.74, 6) is 0.146. The molecule has 1 N–H and O–H groups in total. The zero-order chi connectivity index (χ0) is 21.5. The van der Waals surface area contributed by atoms with Gasteiger partial charge in [0.05, 0.1) is 41.0 Å². The first-order chi connectivity index (χ1) is 14.5. The van der Waals surface area contributed by atoms with Crippen LogP contribution in [0.2, 0.25) is 5.02 Å². The largest absolute Gasteiger partial charge is 0.491 e. The summed E-state index contributed by atoms with van der Waals surface area (Å²) in [6, 6.07) is 16.2. The van der Waals surface area contributed by atoms with Crippen molar-refractivity contribution in [3.8, 4) is 11.8 Å². The number of nitrogens with one attached hydrogen (secondary N) is 1. The fourth-order valence-electron chi connectivity index (χ4n) is 3.04. The van der Waals surface area contributed by atoms with Crippen LogP contribution in [0.5, 0.6) is 5.75 Å². The zero-order valence-electron chi connectivity index (χ0n) is 16.2. The number of hydrogen-bond acceptors (Lipinski definition) is 6. The van der Waals surface area contributed by atoms with E-state index >= 15 is 0 Å². The molecule has 30 heavy (non-hydrogen) atoms. The minimum Gasteiger partial charge on any atom is -0.491 e. The molecule has 154 valence electrons. The van der Waals surface area contributed by atoms with Gasteiger partial charge in [0.1, 0.15) is 5.75 Å². The lowest BCUT2D eigenvalue weighted by Gasteiger charge is -2.25. The van der Waals surface area contributed by atoms with Gasteiger partial charge in [-0.3, -0.25) is 4.79 Å². The fourth-order valence-corrected chi connectivity index (χ4v) is 4.13. The number of nitrogens with zero attached hydrogens (tertiary/aromatic N) is 1. The number of hydrogen-bond donors (Lipinski definition) is 1. The first-order valence-corrected chi connectivity index (χ1v) is 10.5. The molecule has 0 aromatic heterocycles. The molecule has 6 nitrogen and oxygen atoms in total. The van der Waals surface area contributed by atoms with Crippen molar-refractivity contribution in [2.24, 2.45) is 0 Å². The highest BCUT2D eigenvalue weighted by Crippen LogP contribution is 2.36. The molecule has 1 aliphatic rings. The van der Waals surface area contributed by atoms with Crippen molar-refractivity contribution in [2.75, 3.05) is 19.5 Å². The predicted molar refractivity (Wildman–Crippen MR) is 115 cm³/mol. The van der Waals surface area contributed by atoms with E-state index < -0.39 is 5.97 Å². The average Bonchev–Trinajstić information content (AvgIpc) is 2.77. The first-order valence-electron chi connectivity index (χ1n) is 9.16. The van der Waals surface area contributed by atoms with Gasteiger partial charge in [-0.2, -0.15) is 5.26 Å². The number of amides is 1. The number of rotatable bonds is 7. The minimum atomic E-state index is -0.436. The van der Waals surface area contributed by atoms with Crippen LogP contribution in [0.15, 0.2) is 59.1 Å². The van der Waals surface area contributed by atoms with Gasteiger partial charge in [0.25, 0.3) is 0 Å². The second kappa shape index (κ2) is 10.2. The van der Waals surface area contributed by atoms with Gasteiger partial charge in [-0.1, -0.05) is 35.9 Å². The molecule has 2 aromatic rings. The smallest absolute Gasteiger partial charge is 0.337 e. The summed E-state index contributed by atoms with van der Waals surface area (Å²) in [6.45, 7) is 0.366. The number of nitriles is 1. The first kappa shape index (κ1) is 21.8. The zero-order valence-corrected chi connectivity index (χ0v) is 17.8. The Balaban J connectivity index is 1.71. The van der Waals surface area contributed by atoms with E-state index in [0.717, 1.165) is 5.56 Å². The van der Waals surface area contributed by atoms with E-state index in [1.807, 2.05) is 12.1 Å². The van der Waals surface area contributed by atoms with Gasteiger partial charge >= 0.3 is 5.97 Å². The Morgan fingerprint density at radius 3 is 2.67 bits per heavy atom. The van der Waals surface area contributed by atoms with Crippen LogP contribution in [0.4, 0.5) is 0 Å². The van der Waals surface area contributed by atoms with Crippen LogP contribution < -0.4 is 10.1 Å². The van der Waals surface area contributed by atoms with Gasteiger partial charge in [-0.25, -0.2) is 4.79 Å². The molecule has 1 atom stereocenters. The molecule has 2 aromatic carbocycles. The second-order valence-electron chi connectivity index (χ2n) is 6.40. The van der Waals surface area contributed by atoms with Gasteiger partial charge in [0, 0.05) is 18.1 Å². The van der Waals surface area contributed by atoms with Crippen LogP contribution in [0.1, 0.15) is 28.3 Å². The monoisotopic (exact) mass is 442 g/mol. The number of benzene rings is 2. The average molecular weight is 443 g/mol. The van der Waals surface area contributed by atoms with Crippen molar-refractivity contribution in [1.29, 1.82) is 5.26 Å². The third kappa shape index (κ3) is 5.15. The van der Waals surface area contributed by atoms with Gasteiger partial charge in [-0.05, 0) is 29.8 Å². The summed E-state index contributed by atoms with van der Waals surface area (Å²) in [4.78, 5) is 23.9. The Labute approximate surface area is 183 Å². The molecule has 8 heteroatoms. The van der Waals surface area contributed by atoms with E-state index in [2.05, 4.69) is 11.4 Å². The van der Waals surface area contributed by atoms with Crippen molar-refractivity contribution in [3.63, 3.8) is 0 Å². The normalized spacial score (nSPS) is 15.9. The second-order valence-corrected chi connectivity index (χ2v) is 7.91. The summed E-state index contributed by atoms with van der Waals surface area (Å²) in [7, 11) is 1.32. The number of carbonyl (C=O) groups excluding carboxylic acids is 2. The number of para-hydroxylation sites is 1. The Morgan fingerprint density at radius 2 is 2.00 bits per heavy atom. The summed E-state index contributed by atoms with van der Waals surface area (Å²) in [5, 5.41) is 13.6. The SMILES string of the molecule is COC(=O)c1ccc([C@H]2CC(=O)NC(SCCOc3ccccc3Cl)=C2C#N)cc1. The van der Waals surface area contributed by atoms with Crippen molar-refractivity contribution in [3.05, 3.63) is 75.3 Å². The molecule has 0 spiro atoms. The number of esters is 1. The molecule has 0 radical (unpaired) electrons. The molecular weight excluding hydrogens is 424 g/mol. The van der Waals surface area contributed by atoms with E-state index in [1.54, 1.807) is 36.4 Å². The van der Waals surface area contributed by atoms with Gasteiger partial charge in [-0.15, -0.1) is 11.8 Å². The molecule has 3 rings (SSSR count). The maximum absolute atomic E-state index is 12.2. The van der Waals surface area contributed by atoms with Crippen LogP contribution in [0, 0.1) is 11.3 Å². The lowest BCUT2D eigenvalue weighted by molar-refractivity contribution is -0.120. The summed E-state index contributed by atoms with van der Waals surface area (Å²) < 4.78 is 10.4. The summed E-state index contributed by atoms with van der Waals surface area (Å²) in [5.41, 5.74) is 1.69. The van der Waals surface area contributed by atoms with Gasteiger partial charge in [0.15, 0.2) is 0 Å². The van der Waals surface area contributed by atoms with Crippen LogP contribution in [0.3, 0.4) is 0 Å². The summed E-state index contributed by atoms with van der Waals surface area (Å²) >= 11 is 7.43. The van der Waals surface area contributed by atoms with Crippen molar-refractivity contribution < 1.29 is 19.1 Å². The fraction of sp³-hybridized carbons (Fsp3) is 0.227. The maximum atomic E-state index is 12.2. The number of methoxy groups -OCH3 is 1. The Hall–Kier alpha value is -2.95. The van der Waals surface area contributed by atoms with Crippen LogP contribution in [0.25, 0.3) is 0 Å². The van der Waals surface area contributed by atoms with Crippen LogP contribution in [-0.4, -0.2) is 31.3 Å². The van der Waals surface area contributed by atoms with Gasteiger partial charge in [0.2, 0.25) is 5.91 Å².